The first kappa shape index (κ1) is 11.6. The number of hydrogen-bond acceptors (Lipinski definition) is 1. The fourth-order valence-electron chi connectivity index (χ4n) is 3.21. The SMILES string of the molecule is COc1ccc(CC(Br)C2CC3CC3C2)cc1. The molecule has 0 bridgehead atoms. The zero-order valence-corrected chi connectivity index (χ0v) is 11.8. The molecule has 1 nitrogen and oxygen atoms in total. The molecule has 2 aliphatic rings. The van der Waals surface area contributed by atoms with Crippen LogP contribution in [0.15, 0.2) is 24.3 Å². The number of alkyl halides is 1. The van der Waals surface area contributed by atoms with Gasteiger partial charge in [-0.2, -0.15) is 0 Å². The van der Waals surface area contributed by atoms with Crippen molar-refractivity contribution in [2.24, 2.45) is 17.8 Å². The Morgan fingerprint density at radius 1 is 1.18 bits per heavy atom. The molecule has 0 spiro atoms. The highest BCUT2D eigenvalue weighted by Gasteiger charge is 2.47. The maximum Gasteiger partial charge on any atom is 0.118 e. The third-order valence-electron chi connectivity index (χ3n) is 4.38. The largest absolute Gasteiger partial charge is 0.497 e. The van der Waals surface area contributed by atoms with Crippen molar-refractivity contribution in [1.82, 2.24) is 0 Å². The molecule has 2 saturated carbocycles. The van der Waals surface area contributed by atoms with Crippen molar-refractivity contribution < 1.29 is 4.74 Å². The summed E-state index contributed by atoms with van der Waals surface area (Å²) in [7, 11) is 1.72. The molecular formula is C15H19BrO. The Balaban J connectivity index is 1.57. The first-order valence-electron chi connectivity index (χ1n) is 6.53. The molecule has 1 aromatic carbocycles. The molecule has 0 N–H and O–H groups in total. The quantitative estimate of drug-likeness (QED) is 0.762. The predicted octanol–water partition coefficient (Wildman–Crippen LogP) is 4.05. The molecule has 2 aliphatic carbocycles. The summed E-state index contributed by atoms with van der Waals surface area (Å²) in [4.78, 5) is 0.656. The molecule has 17 heavy (non-hydrogen) atoms. The summed E-state index contributed by atoms with van der Waals surface area (Å²) in [6.45, 7) is 0. The minimum Gasteiger partial charge on any atom is -0.497 e. The van der Waals surface area contributed by atoms with Gasteiger partial charge in [0.25, 0.3) is 0 Å². The highest BCUT2D eigenvalue weighted by Crippen LogP contribution is 2.56. The van der Waals surface area contributed by atoms with Crippen LogP contribution in [0.25, 0.3) is 0 Å². The van der Waals surface area contributed by atoms with Crippen molar-refractivity contribution in [3.8, 4) is 5.75 Å². The van der Waals surface area contributed by atoms with E-state index in [2.05, 4.69) is 40.2 Å². The molecule has 3 unspecified atom stereocenters. The molecule has 3 atom stereocenters. The van der Waals surface area contributed by atoms with Gasteiger partial charge in [0.15, 0.2) is 0 Å². The molecular weight excluding hydrogens is 276 g/mol. The van der Waals surface area contributed by atoms with Gasteiger partial charge in [-0.05, 0) is 61.1 Å². The third-order valence-corrected chi connectivity index (χ3v) is 5.45. The standard InChI is InChI=1S/C15H19BrO/c1-17-14-4-2-10(3-5-14)6-15(16)13-8-11-7-12(11)9-13/h2-5,11-13,15H,6-9H2,1H3. The minimum absolute atomic E-state index is 0.656. The molecule has 92 valence electrons. The molecule has 3 rings (SSSR count). The molecule has 0 amide bonds. The van der Waals surface area contributed by atoms with Gasteiger partial charge in [-0.1, -0.05) is 28.1 Å². The Bertz CT molecular complexity index is 376. The third kappa shape index (κ3) is 2.52. The highest BCUT2D eigenvalue weighted by molar-refractivity contribution is 9.09. The maximum atomic E-state index is 5.18. The molecule has 0 heterocycles. The first-order valence-corrected chi connectivity index (χ1v) is 7.45. The number of rotatable bonds is 4. The van der Waals surface area contributed by atoms with Gasteiger partial charge in [0.1, 0.15) is 5.75 Å². The van der Waals surface area contributed by atoms with Crippen molar-refractivity contribution in [2.45, 2.75) is 30.5 Å². The van der Waals surface area contributed by atoms with Gasteiger partial charge < -0.3 is 4.74 Å². The zero-order valence-electron chi connectivity index (χ0n) is 10.2. The van der Waals surface area contributed by atoms with Crippen molar-refractivity contribution in [1.29, 1.82) is 0 Å². The predicted molar refractivity (Wildman–Crippen MR) is 73.7 cm³/mol. The summed E-state index contributed by atoms with van der Waals surface area (Å²) >= 11 is 3.89. The van der Waals surface area contributed by atoms with Crippen LogP contribution in [0.5, 0.6) is 5.75 Å². The van der Waals surface area contributed by atoms with E-state index in [9.17, 15) is 0 Å². The Morgan fingerprint density at radius 3 is 2.41 bits per heavy atom. The Labute approximate surface area is 112 Å². The van der Waals surface area contributed by atoms with E-state index in [-0.39, 0.29) is 0 Å². The van der Waals surface area contributed by atoms with Crippen LogP contribution >= 0.6 is 15.9 Å². The number of ether oxygens (including phenoxy) is 1. The van der Waals surface area contributed by atoms with Gasteiger partial charge in [0.2, 0.25) is 0 Å². The summed E-state index contributed by atoms with van der Waals surface area (Å²) in [5.74, 6) is 4.01. The van der Waals surface area contributed by atoms with Crippen LogP contribution in [0.4, 0.5) is 0 Å². The molecule has 0 radical (unpaired) electrons. The van der Waals surface area contributed by atoms with Gasteiger partial charge in [-0.3, -0.25) is 0 Å². The van der Waals surface area contributed by atoms with Crippen LogP contribution < -0.4 is 4.74 Å². The summed E-state index contributed by atoms with van der Waals surface area (Å²) in [6, 6.07) is 8.48. The molecule has 0 saturated heterocycles. The average Bonchev–Trinajstić information content (AvgIpc) is 2.97. The number of benzene rings is 1. The second kappa shape index (κ2) is 4.64. The second-order valence-electron chi connectivity index (χ2n) is 5.56. The number of halogens is 1. The van der Waals surface area contributed by atoms with Gasteiger partial charge in [-0.25, -0.2) is 0 Å². The fourth-order valence-corrected chi connectivity index (χ4v) is 4.02. The van der Waals surface area contributed by atoms with E-state index < -0.39 is 0 Å². The smallest absolute Gasteiger partial charge is 0.118 e. The summed E-state index contributed by atoms with van der Waals surface area (Å²) < 4.78 is 5.18. The lowest BCUT2D eigenvalue weighted by atomic mass is 9.95. The first-order chi connectivity index (χ1) is 8.26. The normalized spacial score (nSPS) is 32.0. The van der Waals surface area contributed by atoms with Crippen LogP contribution in [0.2, 0.25) is 0 Å². The molecule has 1 aromatic rings. The number of hydrogen-bond donors (Lipinski definition) is 0. The molecule has 0 aliphatic heterocycles. The lowest BCUT2D eigenvalue weighted by Crippen LogP contribution is -2.15. The van der Waals surface area contributed by atoms with Gasteiger partial charge >= 0.3 is 0 Å². The monoisotopic (exact) mass is 294 g/mol. The average molecular weight is 295 g/mol. The van der Waals surface area contributed by atoms with E-state index in [1.54, 1.807) is 7.11 Å². The Kier molecular flexibility index (Phi) is 3.16. The van der Waals surface area contributed by atoms with Crippen LogP contribution in [-0.2, 0) is 6.42 Å². The van der Waals surface area contributed by atoms with Crippen LogP contribution in [0.3, 0.4) is 0 Å². The summed E-state index contributed by atoms with van der Waals surface area (Å²) in [5.41, 5.74) is 1.41. The molecule has 2 fully saturated rings. The zero-order chi connectivity index (χ0) is 11.8. The Hall–Kier alpha value is -0.500. The second-order valence-corrected chi connectivity index (χ2v) is 6.73. The van der Waals surface area contributed by atoms with Crippen LogP contribution in [0, 0.1) is 17.8 Å². The van der Waals surface area contributed by atoms with Gasteiger partial charge in [0.05, 0.1) is 7.11 Å². The highest BCUT2D eigenvalue weighted by atomic mass is 79.9. The van der Waals surface area contributed by atoms with Crippen molar-refractivity contribution >= 4 is 15.9 Å². The van der Waals surface area contributed by atoms with Crippen molar-refractivity contribution in [3.05, 3.63) is 29.8 Å². The van der Waals surface area contributed by atoms with Crippen LogP contribution in [-0.4, -0.2) is 11.9 Å². The molecule has 2 heteroatoms. The van der Waals surface area contributed by atoms with E-state index in [0.29, 0.717) is 4.83 Å². The number of methoxy groups -OCH3 is 1. The van der Waals surface area contributed by atoms with Gasteiger partial charge in [0, 0.05) is 4.83 Å². The lowest BCUT2D eigenvalue weighted by molar-refractivity contribution is 0.414. The van der Waals surface area contributed by atoms with Crippen molar-refractivity contribution in [3.63, 3.8) is 0 Å². The topological polar surface area (TPSA) is 9.23 Å². The van der Waals surface area contributed by atoms with E-state index in [1.807, 2.05) is 0 Å². The Morgan fingerprint density at radius 2 is 1.82 bits per heavy atom. The summed E-state index contributed by atoms with van der Waals surface area (Å²) in [6.07, 6.45) is 5.57. The van der Waals surface area contributed by atoms with Gasteiger partial charge in [-0.15, -0.1) is 0 Å². The van der Waals surface area contributed by atoms with E-state index in [4.69, 9.17) is 4.74 Å². The van der Waals surface area contributed by atoms with Crippen LogP contribution in [0.1, 0.15) is 24.8 Å². The number of fused-ring (bicyclic) bond motifs is 1. The lowest BCUT2D eigenvalue weighted by Gasteiger charge is -2.19. The molecule has 0 aromatic heterocycles. The van der Waals surface area contributed by atoms with Crippen molar-refractivity contribution in [2.75, 3.05) is 7.11 Å². The fraction of sp³-hybridized carbons (Fsp3) is 0.600. The van der Waals surface area contributed by atoms with E-state index in [0.717, 1.165) is 29.9 Å². The maximum absolute atomic E-state index is 5.18. The minimum atomic E-state index is 0.656. The van der Waals surface area contributed by atoms with E-state index >= 15 is 0 Å². The summed E-state index contributed by atoms with van der Waals surface area (Å²) in [5, 5.41) is 0. The van der Waals surface area contributed by atoms with E-state index in [1.165, 1.54) is 24.8 Å².